The molecule has 0 bridgehead atoms. The molecule has 5 heteroatoms. The fourth-order valence-corrected chi connectivity index (χ4v) is 4.08. The Hall–Kier alpha value is -3.73. The second-order valence-electron chi connectivity index (χ2n) is 7.47. The minimum absolute atomic E-state index is 0.0910. The molecular formula is C25H22N2O3. The van der Waals surface area contributed by atoms with Crippen LogP contribution >= 0.6 is 0 Å². The van der Waals surface area contributed by atoms with Crippen molar-refractivity contribution in [2.45, 2.75) is 18.9 Å². The maximum atomic E-state index is 12.0. The smallest absolute Gasteiger partial charge is 0.271 e. The van der Waals surface area contributed by atoms with Gasteiger partial charge in [-0.15, -0.1) is 0 Å². The minimum atomic E-state index is -0.0910. The van der Waals surface area contributed by atoms with Crippen molar-refractivity contribution in [1.29, 1.82) is 0 Å². The first-order valence-corrected chi connectivity index (χ1v) is 10.00. The van der Waals surface area contributed by atoms with Gasteiger partial charge in [-0.3, -0.25) is 9.89 Å². The Bertz CT molecular complexity index is 1230. The van der Waals surface area contributed by atoms with Crippen LogP contribution in [-0.2, 0) is 12.8 Å². The van der Waals surface area contributed by atoms with Crippen LogP contribution in [-0.4, -0.2) is 23.0 Å². The van der Waals surface area contributed by atoms with Crippen molar-refractivity contribution in [3.63, 3.8) is 0 Å². The quantitative estimate of drug-likeness (QED) is 0.543. The van der Waals surface area contributed by atoms with Crippen molar-refractivity contribution in [2.75, 3.05) is 7.11 Å². The number of aromatic nitrogens is 2. The van der Waals surface area contributed by atoms with E-state index in [1.807, 2.05) is 42.5 Å². The average Bonchev–Trinajstić information content (AvgIpc) is 3.39. The van der Waals surface area contributed by atoms with Crippen molar-refractivity contribution in [3.8, 4) is 28.3 Å². The summed E-state index contributed by atoms with van der Waals surface area (Å²) in [5.74, 6) is 1.45. The summed E-state index contributed by atoms with van der Waals surface area (Å²) in [4.78, 5) is 12.0. The van der Waals surface area contributed by atoms with Gasteiger partial charge in [-0.2, -0.15) is 0 Å². The van der Waals surface area contributed by atoms with Crippen LogP contribution in [0, 0.1) is 0 Å². The number of hydrogen-bond donors (Lipinski definition) is 1. The average molecular weight is 398 g/mol. The lowest BCUT2D eigenvalue weighted by Crippen LogP contribution is -2.16. The second kappa shape index (κ2) is 7.59. The highest BCUT2D eigenvalue weighted by molar-refractivity contribution is 5.69. The molecule has 0 unspecified atom stereocenters. The summed E-state index contributed by atoms with van der Waals surface area (Å²) in [7, 11) is 1.66. The number of hydrogen-bond acceptors (Lipinski definition) is 3. The van der Waals surface area contributed by atoms with Crippen LogP contribution in [0.2, 0.25) is 0 Å². The summed E-state index contributed by atoms with van der Waals surface area (Å²) in [6.07, 6.45) is 3.52. The molecule has 0 spiro atoms. The summed E-state index contributed by atoms with van der Waals surface area (Å²) >= 11 is 0. The van der Waals surface area contributed by atoms with Crippen LogP contribution in [0.3, 0.4) is 0 Å². The van der Waals surface area contributed by atoms with Gasteiger partial charge in [0.2, 0.25) is 0 Å². The molecule has 1 aliphatic rings. The Morgan fingerprint density at radius 3 is 2.33 bits per heavy atom. The summed E-state index contributed by atoms with van der Waals surface area (Å²) in [6, 6.07) is 23.8. The van der Waals surface area contributed by atoms with Gasteiger partial charge in [0.25, 0.3) is 5.56 Å². The first kappa shape index (κ1) is 18.3. The number of fused-ring (bicyclic) bond motifs is 1. The van der Waals surface area contributed by atoms with Gasteiger partial charge in [0.1, 0.15) is 6.10 Å². The first-order valence-electron chi connectivity index (χ1n) is 10.00. The number of rotatable bonds is 5. The van der Waals surface area contributed by atoms with Gasteiger partial charge in [-0.05, 0) is 46.5 Å². The summed E-state index contributed by atoms with van der Waals surface area (Å²) in [5, 5.41) is 2.95. The maximum Gasteiger partial charge on any atom is 0.271 e. The summed E-state index contributed by atoms with van der Waals surface area (Å²) in [6.45, 7) is 0. The molecule has 0 fully saturated rings. The third-order valence-corrected chi connectivity index (χ3v) is 5.56. The highest BCUT2D eigenvalue weighted by atomic mass is 16.5. The zero-order chi connectivity index (χ0) is 20.5. The number of methoxy groups -OCH3 is 1. The number of nitrogens with zero attached hydrogens (tertiary/aromatic N) is 1. The topological polar surface area (TPSA) is 56.2 Å². The van der Waals surface area contributed by atoms with E-state index in [0.29, 0.717) is 5.75 Å². The predicted molar refractivity (Wildman–Crippen MR) is 117 cm³/mol. The van der Waals surface area contributed by atoms with Gasteiger partial charge in [0.05, 0.1) is 12.8 Å². The van der Waals surface area contributed by atoms with Crippen LogP contribution in [0.25, 0.3) is 16.8 Å². The van der Waals surface area contributed by atoms with Crippen LogP contribution < -0.4 is 15.0 Å². The van der Waals surface area contributed by atoms with E-state index in [4.69, 9.17) is 9.47 Å². The van der Waals surface area contributed by atoms with Crippen LogP contribution in [0.5, 0.6) is 11.5 Å². The van der Waals surface area contributed by atoms with Crippen LogP contribution in [0.15, 0.2) is 83.8 Å². The summed E-state index contributed by atoms with van der Waals surface area (Å²) < 4.78 is 13.4. The van der Waals surface area contributed by atoms with Crippen molar-refractivity contribution in [1.82, 2.24) is 9.78 Å². The predicted octanol–water partition coefficient (Wildman–Crippen LogP) is 4.39. The molecule has 3 aromatic carbocycles. The molecule has 5 rings (SSSR count). The third kappa shape index (κ3) is 3.39. The van der Waals surface area contributed by atoms with Crippen molar-refractivity contribution < 1.29 is 9.47 Å². The molecule has 150 valence electrons. The molecule has 0 atom stereocenters. The van der Waals surface area contributed by atoms with Gasteiger partial charge in [0, 0.05) is 25.1 Å². The van der Waals surface area contributed by atoms with E-state index in [-0.39, 0.29) is 11.7 Å². The molecule has 30 heavy (non-hydrogen) atoms. The Morgan fingerprint density at radius 1 is 0.867 bits per heavy atom. The van der Waals surface area contributed by atoms with E-state index < -0.39 is 0 Å². The third-order valence-electron chi connectivity index (χ3n) is 5.56. The molecule has 1 heterocycles. The molecule has 0 amide bonds. The lowest BCUT2D eigenvalue weighted by atomic mass is 10.0. The molecule has 0 radical (unpaired) electrons. The number of aromatic amines is 1. The fraction of sp³-hybridized carbons (Fsp3) is 0.160. The molecular weight excluding hydrogens is 376 g/mol. The molecule has 1 aromatic heterocycles. The lowest BCUT2D eigenvalue weighted by molar-refractivity contribution is 0.204. The van der Waals surface area contributed by atoms with Gasteiger partial charge in [-0.1, -0.05) is 42.5 Å². The second-order valence-corrected chi connectivity index (χ2v) is 7.47. The van der Waals surface area contributed by atoms with E-state index in [2.05, 4.69) is 29.4 Å². The molecule has 4 aromatic rings. The zero-order valence-electron chi connectivity index (χ0n) is 16.7. The van der Waals surface area contributed by atoms with Crippen molar-refractivity contribution in [2.24, 2.45) is 0 Å². The standard InChI is InChI=1S/C25H22N2O3/c1-29-23-10-9-20(17-7-4-8-21(13-17)27-25(28)11-12-26-27)16-24(23)30-22-14-18-5-2-3-6-19(18)15-22/h2-13,16,22,26H,14-15H2,1H3. The monoisotopic (exact) mass is 398 g/mol. The highest BCUT2D eigenvalue weighted by Gasteiger charge is 2.23. The number of benzene rings is 3. The highest BCUT2D eigenvalue weighted by Crippen LogP contribution is 2.35. The van der Waals surface area contributed by atoms with Crippen molar-refractivity contribution in [3.05, 3.63) is 100 Å². The van der Waals surface area contributed by atoms with E-state index in [1.54, 1.807) is 13.3 Å². The normalized spacial score (nSPS) is 13.2. The minimum Gasteiger partial charge on any atom is -0.493 e. The molecule has 0 aliphatic heterocycles. The van der Waals surface area contributed by atoms with Crippen LogP contribution in [0.4, 0.5) is 0 Å². The van der Waals surface area contributed by atoms with Gasteiger partial charge in [-0.25, -0.2) is 4.68 Å². The largest absolute Gasteiger partial charge is 0.493 e. The fourth-order valence-electron chi connectivity index (χ4n) is 4.08. The number of ether oxygens (including phenoxy) is 2. The van der Waals surface area contributed by atoms with Crippen LogP contribution in [0.1, 0.15) is 11.1 Å². The summed E-state index contributed by atoms with van der Waals surface area (Å²) in [5.41, 5.74) is 5.39. The lowest BCUT2D eigenvalue weighted by Gasteiger charge is -2.17. The van der Waals surface area contributed by atoms with E-state index in [0.717, 1.165) is 35.4 Å². The number of nitrogens with one attached hydrogen (secondary N) is 1. The van der Waals surface area contributed by atoms with E-state index in [1.165, 1.54) is 21.9 Å². The van der Waals surface area contributed by atoms with Gasteiger partial charge < -0.3 is 9.47 Å². The molecule has 1 aliphatic carbocycles. The van der Waals surface area contributed by atoms with Gasteiger partial charge in [0.15, 0.2) is 11.5 Å². The number of H-pyrrole nitrogens is 1. The maximum absolute atomic E-state index is 12.0. The first-order chi connectivity index (χ1) is 14.7. The Morgan fingerprint density at radius 2 is 1.63 bits per heavy atom. The molecule has 0 saturated carbocycles. The molecule has 0 saturated heterocycles. The Balaban J connectivity index is 1.45. The van der Waals surface area contributed by atoms with Gasteiger partial charge >= 0.3 is 0 Å². The Labute approximate surface area is 174 Å². The van der Waals surface area contributed by atoms with E-state index >= 15 is 0 Å². The van der Waals surface area contributed by atoms with Crippen molar-refractivity contribution >= 4 is 0 Å². The molecule has 5 nitrogen and oxygen atoms in total. The SMILES string of the molecule is COc1ccc(-c2cccc(-n3[nH]ccc3=O)c2)cc1OC1Cc2ccccc2C1. The Kier molecular flexibility index (Phi) is 4.64. The van der Waals surface area contributed by atoms with E-state index in [9.17, 15) is 4.79 Å². The zero-order valence-corrected chi connectivity index (χ0v) is 16.7. The molecule has 1 N–H and O–H groups in total.